The fourth-order valence-corrected chi connectivity index (χ4v) is 3.17. The molecule has 0 N–H and O–H groups in total. The Morgan fingerprint density at radius 3 is 1.60 bits per heavy atom. The van der Waals surface area contributed by atoms with E-state index in [4.69, 9.17) is 0 Å². The minimum Gasteiger partial charge on any atom is -0.549 e. The molecule has 2 aliphatic carbocycles. The van der Waals surface area contributed by atoms with Gasteiger partial charge in [-0.05, 0) is 24.7 Å². The lowest BCUT2D eigenvalue weighted by molar-refractivity contribution is -0.336. The average Bonchev–Trinajstić information content (AvgIpc) is 2.72. The molecule has 84 valence electrons. The Labute approximate surface area is 88.3 Å². The Morgan fingerprint density at radius 1 is 0.867 bits per heavy atom. The summed E-state index contributed by atoms with van der Waals surface area (Å²) < 4.78 is 0. The molecule has 0 aromatic rings. The monoisotopic (exact) mass is 210 g/mol. The normalized spacial score (nSPS) is 33.3. The van der Waals surface area contributed by atoms with Gasteiger partial charge in [0.1, 0.15) is 0 Å². The second-order valence-corrected chi connectivity index (χ2v) is 4.65. The first-order valence-corrected chi connectivity index (χ1v) is 5.54. The molecule has 0 bridgehead atoms. The smallest absolute Gasteiger partial charge is 0.0556 e. The zero-order valence-corrected chi connectivity index (χ0v) is 8.53. The summed E-state index contributed by atoms with van der Waals surface area (Å²) in [6.45, 7) is 0. The molecule has 0 aromatic heterocycles. The van der Waals surface area contributed by atoms with Crippen molar-refractivity contribution in [3.63, 3.8) is 0 Å². The van der Waals surface area contributed by atoms with E-state index >= 15 is 0 Å². The molecule has 2 saturated carbocycles. The Bertz CT molecular complexity index is 267. The van der Waals surface area contributed by atoms with Crippen LogP contribution in [0.15, 0.2) is 0 Å². The summed E-state index contributed by atoms with van der Waals surface area (Å²) in [5, 5.41) is 22.0. The zero-order valence-electron chi connectivity index (χ0n) is 8.53. The summed E-state index contributed by atoms with van der Waals surface area (Å²) in [5.74, 6) is -3.38. The predicted octanol–water partition coefficient (Wildman–Crippen LogP) is -0.927. The van der Waals surface area contributed by atoms with Gasteiger partial charge >= 0.3 is 0 Å². The van der Waals surface area contributed by atoms with Crippen molar-refractivity contribution < 1.29 is 19.8 Å². The van der Waals surface area contributed by atoms with Gasteiger partial charge in [0, 0.05) is 0 Å². The number of hydrogen-bond acceptors (Lipinski definition) is 4. The number of carbonyl (C=O) groups is 2. The highest BCUT2D eigenvalue weighted by Crippen LogP contribution is 2.63. The Morgan fingerprint density at radius 2 is 1.27 bits per heavy atom. The topological polar surface area (TPSA) is 80.3 Å². The van der Waals surface area contributed by atoms with Crippen molar-refractivity contribution in [2.75, 3.05) is 0 Å². The molecule has 0 aliphatic heterocycles. The maximum Gasteiger partial charge on any atom is 0.0556 e. The number of rotatable bonds is 2. The van der Waals surface area contributed by atoms with Crippen LogP contribution in [0.2, 0.25) is 0 Å². The van der Waals surface area contributed by atoms with Crippen LogP contribution in [0.3, 0.4) is 0 Å². The van der Waals surface area contributed by atoms with Gasteiger partial charge in [-0.1, -0.05) is 25.7 Å². The van der Waals surface area contributed by atoms with Gasteiger partial charge in [0.05, 0.1) is 17.4 Å². The second kappa shape index (κ2) is 3.51. The number of fused-ring (bicyclic) bond motifs is 1. The second-order valence-electron chi connectivity index (χ2n) is 4.65. The third-order valence-electron chi connectivity index (χ3n) is 4.00. The predicted molar refractivity (Wildman–Crippen MR) is 47.1 cm³/mol. The van der Waals surface area contributed by atoms with Crippen LogP contribution < -0.4 is 10.2 Å². The molecule has 15 heavy (non-hydrogen) atoms. The molecular formula is C11H14O4-2. The molecule has 2 atom stereocenters. The molecule has 4 nitrogen and oxygen atoms in total. The van der Waals surface area contributed by atoms with E-state index in [2.05, 4.69) is 0 Å². The van der Waals surface area contributed by atoms with E-state index in [0.29, 0.717) is 12.8 Å². The number of carbonyl (C=O) groups excluding carboxylic acids is 2. The van der Waals surface area contributed by atoms with Crippen LogP contribution in [-0.4, -0.2) is 11.9 Å². The summed E-state index contributed by atoms with van der Waals surface area (Å²) in [6.07, 6.45) is 5.35. The largest absolute Gasteiger partial charge is 0.549 e. The van der Waals surface area contributed by atoms with Crippen molar-refractivity contribution in [1.82, 2.24) is 0 Å². The van der Waals surface area contributed by atoms with Gasteiger partial charge in [0.15, 0.2) is 0 Å². The van der Waals surface area contributed by atoms with Crippen LogP contribution in [0.5, 0.6) is 0 Å². The van der Waals surface area contributed by atoms with Crippen LogP contribution in [0.25, 0.3) is 0 Å². The quantitative estimate of drug-likeness (QED) is 0.552. The van der Waals surface area contributed by atoms with Gasteiger partial charge in [-0.2, -0.15) is 0 Å². The molecule has 0 saturated heterocycles. The molecule has 0 unspecified atom stereocenters. The minimum absolute atomic E-state index is 0.243. The van der Waals surface area contributed by atoms with Crippen molar-refractivity contribution in [3.8, 4) is 0 Å². The molecule has 0 aromatic carbocycles. The fraction of sp³-hybridized carbons (Fsp3) is 0.818. The number of hydrogen-bond donors (Lipinski definition) is 0. The van der Waals surface area contributed by atoms with Crippen LogP contribution in [0.4, 0.5) is 0 Å². The van der Waals surface area contributed by atoms with Crippen LogP contribution in [-0.2, 0) is 9.59 Å². The lowest BCUT2D eigenvalue weighted by Crippen LogP contribution is -2.47. The van der Waals surface area contributed by atoms with Gasteiger partial charge in [-0.3, -0.25) is 0 Å². The molecule has 0 radical (unpaired) electrons. The molecule has 2 rings (SSSR count). The Hall–Kier alpha value is -1.06. The van der Waals surface area contributed by atoms with E-state index in [9.17, 15) is 19.8 Å². The summed E-state index contributed by atoms with van der Waals surface area (Å²) in [6, 6.07) is 0. The first kappa shape index (κ1) is 10.5. The number of carboxylic acids is 2. The average molecular weight is 210 g/mol. The highest BCUT2D eigenvalue weighted by atomic mass is 16.4. The summed E-state index contributed by atoms with van der Waals surface area (Å²) in [5.41, 5.74) is -1.66. The standard InChI is InChI=1S/C11H16O4/c12-9(13)11(10(14)15)7-5-3-1-2-4-6-8(7)11/h7-8H,1-6H2,(H,12,13)(H,14,15)/p-2/t7-,8+. The van der Waals surface area contributed by atoms with Gasteiger partial charge in [0.2, 0.25) is 0 Å². The summed E-state index contributed by atoms with van der Waals surface area (Å²) in [4.78, 5) is 22.0. The highest BCUT2D eigenvalue weighted by molar-refractivity contribution is 6.01. The summed E-state index contributed by atoms with van der Waals surface area (Å²) >= 11 is 0. The molecule has 0 heterocycles. The van der Waals surface area contributed by atoms with E-state index < -0.39 is 17.4 Å². The first-order chi connectivity index (χ1) is 7.11. The minimum atomic E-state index is -1.66. The van der Waals surface area contributed by atoms with E-state index in [-0.39, 0.29) is 11.8 Å². The van der Waals surface area contributed by atoms with Crippen molar-refractivity contribution in [1.29, 1.82) is 0 Å². The maximum atomic E-state index is 11.0. The lowest BCUT2D eigenvalue weighted by Gasteiger charge is -2.20. The van der Waals surface area contributed by atoms with Gasteiger partial charge in [-0.25, -0.2) is 0 Å². The van der Waals surface area contributed by atoms with E-state index in [0.717, 1.165) is 25.7 Å². The molecule has 2 aliphatic rings. The fourth-order valence-electron chi connectivity index (χ4n) is 3.17. The molecule has 4 heteroatoms. The Kier molecular flexibility index (Phi) is 2.44. The van der Waals surface area contributed by atoms with Crippen LogP contribution >= 0.6 is 0 Å². The summed E-state index contributed by atoms with van der Waals surface area (Å²) in [7, 11) is 0. The third-order valence-corrected chi connectivity index (χ3v) is 4.00. The van der Waals surface area contributed by atoms with Crippen molar-refractivity contribution in [2.45, 2.75) is 38.5 Å². The highest BCUT2D eigenvalue weighted by Gasteiger charge is 2.65. The van der Waals surface area contributed by atoms with Gasteiger partial charge < -0.3 is 19.8 Å². The van der Waals surface area contributed by atoms with Crippen molar-refractivity contribution >= 4 is 11.9 Å². The molecule has 0 amide bonds. The van der Waals surface area contributed by atoms with Crippen molar-refractivity contribution in [3.05, 3.63) is 0 Å². The Balaban J connectivity index is 2.21. The van der Waals surface area contributed by atoms with E-state index in [1.54, 1.807) is 0 Å². The number of aliphatic carboxylic acids is 2. The zero-order chi connectivity index (χ0) is 11.1. The van der Waals surface area contributed by atoms with E-state index in [1.807, 2.05) is 0 Å². The first-order valence-electron chi connectivity index (χ1n) is 5.54. The molecule has 2 fully saturated rings. The maximum absolute atomic E-state index is 11.0. The van der Waals surface area contributed by atoms with Crippen LogP contribution in [0, 0.1) is 17.3 Å². The van der Waals surface area contributed by atoms with Crippen molar-refractivity contribution in [2.24, 2.45) is 17.3 Å². The SMILES string of the molecule is O=C([O-])C1(C(=O)[O-])[C@@H]2CCCCCC[C@@H]21. The molecular weight excluding hydrogens is 196 g/mol. The lowest BCUT2D eigenvalue weighted by atomic mass is 10.0. The van der Waals surface area contributed by atoms with E-state index in [1.165, 1.54) is 0 Å². The molecule has 0 spiro atoms. The van der Waals surface area contributed by atoms with Gasteiger partial charge in [-0.15, -0.1) is 0 Å². The van der Waals surface area contributed by atoms with Crippen LogP contribution in [0.1, 0.15) is 38.5 Å². The third kappa shape index (κ3) is 1.34. The van der Waals surface area contributed by atoms with Gasteiger partial charge in [0.25, 0.3) is 0 Å². The number of carboxylic acid groups (broad SMARTS) is 2.